The molecule has 2 aliphatic rings. The fourth-order valence-electron chi connectivity index (χ4n) is 3.22. The average molecular weight is 370 g/mol. The number of hydrogen-bond donors (Lipinski definition) is 5. The number of phenols is 1. The van der Waals surface area contributed by atoms with Crippen LogP contribution >= 0.6 is 0 Å². The molecule has 2 heterocycles. The number of ether oxygens (including phenoxy) is 3. The van der Waals surface area contributed by atoms with Gasteiger partial charge in [-0.3, -0.25) is 0 Å². The summed E-state index contributed by atoms with van der Waals surface area (Å²) in [5.41, 5.74) is 1.26. The zero-order valence-electron chi connectivity index (χ0n) is 14.1. The highest BCUT2D eigenvalue weighted by Crippen LogP contribution is 2.32. The molecule has 0 amide bonds. The Hall–Kier alpha value is -1.75. The quantitative estimate of drug-likeness (QED) is 0.413. The van der Waals surface area contributed by atoms with E-state index in [-0.39, 0.29) is 24.0 Å². The minimum absolute atomic E-state index is 0.0781. The summed E-state index contributed by atoms with van der Waals surface area (Å²) in [4.78, 5) is 12.0. The maximum Gasteiger partial charge on any atom is 0.342 e. The van der Waals surface area contributed by atoms with E-state index in [9.17, 15) is 30.3 Å². The maximum absolute atomic E-state index is 12.0. The van der Waals surface area contributed by atoms with E-state index in [0.29, 0.717) is 17.5 Å². The van der Waals surface area contributed by atoms with Gasteiger partial charge < -0.3 is 39.7 Å². The van der Waals surface area contributed by atoms with Crippen molar-refractivity contribution in [3.63, 3.8) is 0 Å². The van der Waals surface area contributed by atoms with Crippen molar-refractivity contribution in [3.05, 3.63) is 28.8 Å². The van der Waals surface area contributed by atoms with Crippen molar-refractivity contribution in [2.24, 2.45) is 0 Å². The molecule has 144 valence electrons. The third-order valence-electron chi connectivity index (χ3n) is 4.64. The molecular formula is C17H22O9. The van der Waals surface area contributed by atoms with Crippen LogP contribution in [0.4, 0.5) is 0 Å². The molecule has 0 saturated carbocycles. The van der Waals surface area contributed by atoms with E-state index in [4.69, 9.17) is 14.2 Å². The number of benzene rings is 1. The van der Waals surface area contributed by atoms with Gasteiger partial charge >= 0.3 is 5.97 Å². The summed E-state index contributed by atoms with van der Waals surface area (Å²) in [5, 5.41) is 48.7. The van der Waals surface area contributed by atoms with Crippen molar-refractivity contribution in [2.75, 3.05) is 6.61 Å². The van der Waals surface area contributed by atoms with Crippen molar-refractivity contribution in [3.8, 4) is 5.75 Å². The zero-order chi connectivity index (χ0) is 19.0. The lowest BCUT2D eigenvalue weighted by Gasteiger charge is -2.39. The van der Waals surface area contributed by atoms with Crippen LogP contribution in [0.1, 0.15) is 28.4 Å². The van der Waals surface area contributed by atoms with Crippen molar-refractivity contribution >= 4 is 5.97 Å². The van der Waals surface area contributed by atoms with E-state index in [1.54, 1.807) is 13.0 Å². The first-order chi connectivity index (χ1) is 12.3. The summed E-state index contributed by atoms with van der Waals surface area (Å²) in [6.07, 6.45) is -6.82. The molecule has 0 aliphatic carbocycles. The van der Waals surface area contributed by atoms with Gasteiger partial charge in [-0.25, -0.2) is 4.79 Å². The Morgan fingerprint density at radius 2 is 1.92 bits per heavy atom. The molecule has 0 radical (unpaired) electrons. The van der Waals surface area contributed by atoms with E-state index < -0.39 is 43.3 Å². The van der Waals surface area contributed by atoms with Gasteiger partial charge in [-0.2, -0.15) is 0 Å². The van der Waals surface area contributed by atoms with Gasteiger partial charge in [-0.15, -0.1) is 0 Å². The van der Waals surface area contributed by atoms with Gasteiger partial charge in [0.15, 0.2) is 6.29 Å². The summed E-state index contributed by atoms with van der Waals surface area (Å²) in [7, 11) is 0. The second-order valence-electron chi connectivity index (χ2n) is 6.53. The molecule has 1 fully saturated rings. The topological polar surface area (TPSA) is 146 Å². The third-order valence-corrected chi connectivity index (χ3v) is 4.64. The number of esters is 1. The number of rotatable bonds is 4. The number of hydrogen-bond acceptors (Lipinski definition) is 9. The van der Waals surface area contributed by atoms with Gasteiger partial charge in [0, 0.05) is 6.42 Å². The van der Waals surface area contributed by atoms with Gasteiger partial charge in [0.25, 0.3) is 0 Å². The number of carbonyl (C=O) groups excluding carboxylic acids is 1. The van der Waals surface area contributed by atoms with Crippen molar-refractivity contribution in [1.82, 2.24) is 0 Å². The highest BCUT2D eigenvalue weighted by atomic mass is 16.7. The first-order valence-electron chi connectivity index (χ1n) is 8.30. The minimum atomic E-state index is -1.53. The lowest BCUT2D eigenvalue weighted by Crippen LogP contribution is -2.59. The summed E-state index contributed by atoms with van der Waals surface area (Å²) >= 11 is 0. The number of aliphatic hydroxyl groups is 4. The SMILES string of the molecule is C[C@@H]1Cc2c(CO[C@H]3O[C@@H](CO)[C@@H](O)[C@@H](O)[C@H]3O)ccc(O)c2C(=O)O1. The van der Waals surface area contributed by atoms with Crippen LogP contribution in [0.25, 0.3) is 0 Å². The Kier molecular flexibility index (Phi) is 5.47. The number of carbonyl (C=O) groups is 1. The van der Waals surface area contributed by atoms with Gasteiger partial charge in [-0.1, -0.05) is 6.07 Å². The van der Waals surface area contributed by atoms with E-state index in [2.05, 4.69) is 0 Å². The number of fused-ring (bicyclic) bond motifs is 1. The molecule has 6 atom stereocenters. The average Bonchev–Trinajstić information content (AvgIpc) is 2.60. The van der Waals surface area contributed by atoms with E-state index in [1.165, 1.54) is 6.07 Å². The van der Waals surface area contributed by atoms with Crippen LogP contribution in [0, 0.1) is 0 Å². The second kappa shape index (κ2) is 7.47. The second-order valence-corrected chi connectivity index (χ2v) is 6.53. The largest absolute Gasteiger partial charge is 0.507 e. The summed E-state index contributed by atoms with van der Waals surface area (Å²) in [6, 6.07) is 2.94. The van der Waals surface area contributed by atoms with Gasteiger partial charge in [0.1, 0.15) is 41.8 Å². The van der Waals surface area contributed by atoms with Crippen molar-refractivity contribution < 1.29 is 44.5 Å². The monoisotopic (exact) mass is 370 g/mol. The lowest BCUT2D eigenvalue weighted by atomic mass is 9.93. The Bertz CT molecular complexity index is 674. The predicted molar refractivity (Wildman–Crippen MR) is 85.2 cm³/mol. The smallest absolute Gasteiger partial charge is 0.342 e. The van der Waals surface area contributed by atoms with E-state index >= 15 is 0 Å². The number of aliphatic hydroxyl groups excluding tert-OH is 4. The zero-order valence-corrected chi connectivity index (χ0v) is 14.1. The van der Waals surface area contributed by atoms with Crippen LogP contribution in [0.15, 0.2) is 12.1 Å². The molecular weight excluding hydrogens is 348 g/mol. The third kappa shape index (κ3) is 3.41. The normalized spacial score (nSPS) is 34.3. The number of aromatic hydroxyl groups is 1. The Balaban J connectivity index is 1.78. The molecule has 1 saturated heterocycles. The van der Waals surface area contributed by atoms with Crippen LogP contribution in [0.2, 0.25) is 0 Å². The van der Waals surface area contributed by atoms with Gasteiger partial charge in [0.2, 0.25) is 0 Å². The van der Waals surface area contributed by atoms with Crippen LogP contribution < -0.4 is 0 Å². The lowest BCUT2D eigenvalue weighted by molar-refractivity contribution is -0.304. The standard InChI is InChI=1S/C17H22O9/c1-7-4-9-8(2-3-10(19)12(9)16(23)25-7)6-24-17-15(22)14(21)13(20)11(5-18)26-17/h2-3,7,11,13-15,17-22H,4-6H2,1H3/t7-,11+,13-,14-,15-,17+/m1/s1. The minimum Gasteiger partial charge on any atom is -0.507 e. The first kappa shape index (κ1) is 19.0. The molecule has 9 nitrogen and oxygen atoms in total. The molecule has 5 N–H and O–H groups in total. The van der Waals surface area contributed by atoms with Crippen LogP contribution in [-0.4, -0.2) is 74.9 Å². The molecule has 3 rings (SSSR count). The van der Waals surface area contributed by atoms with Gasteiger partial charge in [0.05, 0.1) is 13.2 Å². The maximum atomic E-state index is 12.0. The molecule has 0 unspecified atom stereocenters. The van der Waals surface area contributed by atoms with Crippen LogP contribution in [0.5, 0.6) is 5.75 Å². The van der Waals surface area contributed by atoms with Gasteiger partial charge in [-0.05, 0) is 24.1 Å². The summed E-state index contributed by atoms with van der Waals surface area (Å²) in [5.74, 6) is -0.806. The van der Waals surface area contributed by atoms with Crippen LogP contribution in [0.3, 0.4) is 0 Å². The summed E-state index contributed by atoms with van der Waals surface area (Å²) < 4.78 is 15.9. The molecule has 26 heavy (non-hydrogen) atoms. The van der Waals surface area contributed by atoms with E-state index in [1.807, 2.05) is 0 Å². The molecule has 0 spiro atoms. The van der Waals surface area contributed by atoms with Crippen molar-refractivity contribution in [2.45, 2.75) is 56.8 Å². The first-order valence-corrected chi connectivity index (χ1v) is 8.30. The molecule has 1 aromatic rings. The van der Waals surface area contributed by atoms with Crippen molar-refractivity contribution in [1.29, 1.82) is 0 Å². The Morgan fingerprint density at radius 3 is 2.62 bits per heavy atom. The Morgan fingerprint density at radius 1 is 1.19 bits per heavy atom. The summed E-state index contributed by atoms with van der Waals surface area (Å²) in [6.45, 7) is 1.10. The fourth-order valence-corrected chi connectivity index (χ4v) is 3.22. The number of cyclic esters (lactones) is 1. The predicted octanol–water partition coefficient (Wildman–Crippen LogP) is -1.19. The molecule has 0 aromatic heterocycles. The molecule has 1 aromatic carbocycles. The Labute approximate surface area is 149 Å². The molecule has 0 bridgehead atoms. The molecule has 9 heteroatoms. The molecule has 2 aliphatic heterocycles. The highest BCUT2D eigenvalue weighted by Gasteiger charge is 2.44. The van der Waals surface area contributed by atoms with Crippen LogP contribution in [-0.2, 0) is 27.2 Å². The fraction of sp³-hybridized carbons (Fsp3) is 0.588. The highest BCUT2D eigenvalue weighted by molar-refractivity contribution is 5.95. The number of phenolic OH excluding ortho intramolecular Hbond substituents is 1. The van der Waals surface area contributed by atoms with E-state index in [0.717, 1.165) is 0 Å².